The second-order valence-corrected chi connectivity index (χ2v) is 1.40. The van der Waals surface area contributed by atoms with Crippen molar-refractivity contribution in [2.75, 3.05) is 7.05 Å². The van der Waals surface area contributed by atoms with Gasteiger partial charge in [0.25, 0.3) is 0 Å². The molecule has 0 aliphatic rings. The molecular weight excluding hydrogens is 98.1 g/mol. The van der Waals surface area contributed by atoms with E-state index in [-0.39, 0.29) is 0 Å². The molecular formula is C7H9N. The molecule has 0 aliphatic heterocycles. The van der Waals surface area contributed by atoms with Crippen LogP contribution in [0.1, 0.15) is 6.92 Å². The minimum Gasteiger partial charge on any atom is -0.296 e. The van der Waals surface area contributed by atoms with Gasteiger partial charge in [-0.2, -0.15) is 0 Å². The Morgan fingerprint density at radius 3 is 2.75 bits per heavy atom. The van der Waals surface area contributed by atoms with Crippen LogP contribution in [-0.4, -0.2) is 13.3 Å². The summed E-state index contributed by atoms with van der Waals surface area (Å²) in [6.07, 6.45) is 8.50. The SMILES string of the molecule is C#C/C(C)=C/C=NC. The molecule has 0 bridgehead atoms. The fourth-order valence-electron chi connectivity index (χ4n) is 0.234. The molecule has 0 fully saturated rings. The average molecular weight is 107 g/mol. The van der Waals surface area contributed by atoms with Crippen molar-refractivity contribution in [1.29, 1.82) is 0 Å². The molecule has 0 saturated heterocycles. The Morgan fingerprint density at radius 2 is 2.38 bits per heavy atom. The van der Waals surface area contributed by atoms with E-state index >= 15 is 0 Å². The van der Waals surface area contributed by atoms with E-state index in [4.69, 9.17) is 6.42 Å². The Morgan fingerprint density at radius 1 is 1.75 bits per heavy atom. The lowest BCUT2D eigenvalue weighted by atomic mass is 10.3. The molecule has 0 N–H and O–H groups in total. The van der Waals surface area contributed by atoms with Crippen LogP contribution in [0.4, 0.5) is 0 Å². The van der Waals surface area contributed by atoms with Gasteiger partial charge in [0.1, 0.15) is 0 Å². The van der Waals surface area contributed by atoms with Gasteiger partial charge in [-0.25, -0.2) is 0 Å². The first kappa shape index (κ1) is 6.97. The van der Waals surface area contributed by atoms with Crippen LogP contribution in [0.5, 0.6) is 0 Å². The summed E-state index contributed by atoms with van der Waals surface area (Å²) in [6, 6.07) is 0. The number of nitrogens with zero attached hydrogens (tertiary/aromatic N) is 1. The molecule has 0 heterocycles. The first-order chi connectivity index (χ1) is 3.81. The van der Waals surface area contributed by atoms with Gasteiger partial charge in [0.15, 0.2) is 0 Å². The molecule has 8 heavy (non-hydrogen) atoms. The lowest BCUT2D eigenvalue weighted by Gasteiger charge is -1.77. The number of terminal acetylenes is 1. The predicted octanol–water partition coefficient (Wildman–Crippen LogP) is 1.27. The maximum Gasteiger partial charge on any atom is 0.0277 e. The largest absolute Gasteiger partial charge is 0.296 e. The van der Waals surface area contributed by atoms with Crippen molar-refractivity contribution < 1.29 is 0 Å². The fourth-order valence-corrected chi connectivity index (χ4v) is 0.234. The van der Waals surface area contributed by atoms with E-state index in [1.807, 2.05) is 6.92 Å². The molecule has 0 spiro atoms. The van der Waals surface area contributed by atoms with Crippen molar-refractivity contribution in [3.05, 3.63) is 11.6 Å². The molecule has 0 atom stereocenters. The normalized spacial score (nSPS) is 11.9. The fraction of sp³-hybridized carbons (Fsp3) is 0.286. The van der Waals surface area contributed by atoms with Gasteiger partial charge in [-0.15, -0.1) is 6.42 Å². The van der Waals surface area contributed by atoms with Gasteiger partial charge in [0.05, 0.1) is 0 Å². The molecule has 0 aromatic heterocycles. The first-order valence-corrected chi connectivity index (χ1v) is 2.37. The van der Waals surface area contributed by atoms with Crippen LogP contribution in [0.15, 0.2) is 16.6 Å². The number of aliphatic imine (C=N–C) groups is 1. The number of hydrogen-bond donors (Lipinski definition) is 0. The van der Waals surface area contributed by atoms with Crippen molar-refractivity contribution in [2.45, 2.75) is 6.92 Å². The van der Waals surface area contributed by atoms with E-state index in [2.05, 4.69) is 10.9 Å². The lowest BCUT2D eigenvalue weighted by Crippen LogP contribution is -1.68. The van der Waals surface area contributed by atoms with Gasteiger partial charge in [-0.05, 0) is 13.0 Å². The summed E-state index contributed by atoms with van der Waals surface area (Å²) in [7, 11) is 1.71. The highest BCUT2D eigenvalue weighted by atomic mass is 14.6. The predicted molar refractivity (Wildman–Crippen MR) is 37.0 cm³/mol. The summed E-state index contributed by atoms with van der Waals surface area (Å²) in [6.45, 7) is 1.86. The highest BCUT2D eigenvalue weighted by molar-refractivity contribution is 5.73. The average Bonchev–Trinajstić information content (AvgIpc) is 1.83. The zero-order chi connectivity index (χ0) is 6.41. The van der Waals surface area contributed by atoms with Gasteiger partial charge in [-0.3, -0.25) is 4.99 Å². The van der Waals surface area contributed by atoms with E-state index in [0.717, 1.165) is 5.57 Å². The summed E-state index contributed by atoms with van der Waals surface area (Å²) >= 11 is 0. The van der Waals surface area contributed by atoms with Crippen molar-refractivity contribution >= 4 is 6.21 Å². The topological polar surface area (TPSA) is 12.4 Å². The second-order valence-electron chi connectivity index (χ2n) is 1.40. The van der Waals surface area contributed by atoms with Gasteiger partial charge < -0.3 is 0 Å². The van der Waals surface area contributed by atoms with Gasteiger partial charge in [0, 0.05) is 18.8 Å². The summed E-state index contributed by atoms with van der Waals surface area (Å²) in [4.78, 5) is 3.73. The summed E-state index contributed by atoms with van der Waals surface area (Å²) in [5.74, 6) is 2.47. The monoisotopic (exact) mass is 107 g/mol. The third kappa shape index (κ3) is 3.17. The zero-order valence-corrected chi connectivity index (χ0v) is 5.18. The number of allylic oxidation sites excluding steroid dienone is 2. The number of hydrogen-bond acceptors (Lipinski definition) is 1. The van der Waals surface area contributed by atoms with Crippen molar-refractivity contribution in [2.24, 2.45) is 4.99 Å². The van der Waals surface area contributed by atoms with E-state index in [1.165, 1.54) is 0 Å². The minimum absolute atomic E-state index is 0.899. The second kappa shape index (κ2) is 4.14. The van der Waals surface area contributed by atoms with E-state index < -0.39 is 0 Å². The van der Waals surface area contributed by atoms with Crippen LogP contribution >= 0.6 is 0 Å². The molecule has 0 aromatic rings. The van der Waals surface area contributed by atoms with Crippen LogP contribution in [0.3, 0.4) is 0 Å². The van der Waals surface area contributed by atoms with Crippen molar-refractivity contribution in [1.82, 2.24) is 0 Å². The Hall–Kier alpha value is -1.03. The maximum atomic E-state index is 5.03. The Balaban J connectivity index is 3.81. The molecule has 42 valence electrons. The highest BCUT2D eigenvalue weighted by Gasteiger charge is 1.71. The van der Waals surface area contributed by atoms with Gasteiger partial charge in [-0.1, -0.05) is 5.92 Å². The molecule has 0 amide bonds. The molecule has 0 saturated carbocycles. The van der Waals surface area contributed by atoms with E-state index in [0.29, 0.717) is 0 Å². The van der Waals surface area contributed by atoms with Crippen LogP contribution in [0.2, 0.25) is 0 Å². The minimum atomic E-state index is 0.899. The Bertz CT molecular complexity index is 146. The maximum absolute atomic E-state index is 5.03. The van der Waals surface area contributed by atoms with Gasteiger partial charge >= 0.3 is 0 Å². The quantitative estimate of drug-likeness (QED) is 0.353. The Kier molecular flexibility index (Phi) is 3.60. The molecule has 0 rings (SSSR count). The van der Waals surface area contributed by atoms with Gasteiger partial charge in [0.2, 0.25) is 0 Å². The molecule has 1 nitrogen and oxygen atoms in total. The van der Waals surface area contributed by atoms with Crippen LogP contribution in [0, 0.1) is 12.3 Å². The van der Waals surface area contributed by atoms with Crippen LogP contribution < -0.4 is 0 Å². The van der Waals surface area contributed by atoms with Crippen molar-refractivity contribution in [3.63, 3.8) is 0 Å². The highest BCUT2D eigenvalue weighted by Crippen LogP contribution is 1.83. The first-order valence-electron chi connectivity index (χ1n) is 2.37. The lowest BCUT2D eigenvalue weighted by molar-refractivity contribution is 1.47. The van der Waals surface area contributed by atoms with E-state index in [1.54, 1.807) is 19.3 Å². The van der Waals surface area contributed by atoms with E-state index in [9.17, 15) is 0 Å². The van der Waals surface area contributed by atoms with Crippen LogP contribution in [0.25, 0.3) is 0 Å². The summed E-state index contributed by atoms with van der Waals surface area (Å²) < 4.78 is 0. The summed E-state index contributed by atoms with van der Waals surface area (Å²) in [5, 5.41) is 0. The molecule has 0 unspecified atom stereocenters. The third-order valence-electron chi connectivity index (χ3n) is 0.701. The molecule has 1 heteroatoms. The third-order valence-corrected chi connectivity index (χ3v) is 0.701. The van der Waals surface area contributed by atoms with Crippen LogP contribution in [-0.2, 0) is 0 Å². The molecule has 0 aliphatic carbocycles. The molecule has 0 radical (unpaired) electrons. The van der Waals surface area contributed by atoms with Crippen molar-refractivity contribution in [3.8, 4) is 12.3 Å². The summed E-state index contributed by atoms with van der Waals surface area (Å²) in [5.41, 5.74) is 0.899. The smallest absolute Gasteiger partial charge is 0.0277 e. The Labute approximate surface area is 50.1 Å². The number of rotatable bonds is 1. The molecule has 0 aromatic carbocycles. The standard InChI is InChI=1S/C7H9N/c1-4-7(2)5-6-8-3/h1,5-6H,2-3H3/b7-5+,8-6?. The zero-order valence-electron chi connectivity index (χ0n) is 5.18.